The summed E-state index contributed by atoms with van der Waals surface area (Å²) in [6.07, 6.45) is -0.953. The highest BCUT2D eigenvalue weighted by Crippen LogP contribution is 2.29. The molecular weight excluding hydrogens is 501 g/mol. The second-order valence-corrected chi connectivity index (χ2v) is 8.15. The lowest BCUT2D eigenvalue weighted by molar-refractivity contribution is -0.122. The molecule has 3 aromatic carbocycles. The molecule has 32 heavy (non-hydrogen) atoms. The maximum Gasteiger partial charge on any atom is 0.265 e. The summed E-state index contributed by atoms with van der Waals surface area (Å²) in [4.78, 5) is 17.1. The minimum atomic E-state index is -0.953. The van der Waals surface area contributed by atoms with Crippen LogP contribution in [-0.2, 0) is 4.79 Å². The van der Waals surface area contributed by atoms with Crippen molar-refractivity contribution in [1.29, 1.82) is 0 Å². The van der Waals surface area contributed by atoms with E-state index in [0.29, 0.717) is 26.6 Å². The number of ether oxygens (including phenoxy) is 1. The van der Waals surface area contributed by atoms with Crippen LogP contribution in [0.3, 0.4) is 0 Å². The van der Waals surface area contributed by atoms with Gasteiger partial charge in [-0.1, -0.05) is 44.8 Å². The van der Waals surface area contributed by atoms with Gasteiger partial charge < -0.3 is 14.6 Å². The van der Waals surface area contributed by atoms with E-state index in [1.54, 1.807) is 54.6 Å². The van der Waals surface area contributed by atoms with Gasteiger partial charge in [-0.3, -0.25) is 4.79 Å². The number of halogens is 3. The molecule has 1 unspecified atom stereocenters. The molecule has 0 bridgehead atoms. The highest BCUT2D eigenvalue weighted by molar-refractivity contribution is 9.10. The molecule has 4 aromatic rings. The largest absolute Gasteiger partial charge is 0.478 e. The monoisotopic (exact) mass is 515 g/mol. The van der Waals surface area contributed by atoms with Crippen LogP contribution >= 0.6 is 27.5 Å². The van der Waals surface area contributed by atoms with Gasteiger partial charge in [-0.25, -0.2) is 4.39 Å². The molecular formula is C23H16BrClFN3O3. The van der Waals surface area contributed by atoms with Crippen LogP contribution in [-0.4, -0.2) is 22.2 Å². The fourth-order valence-corrected chi connectivity index (χ4v) is 3.34. The van der Waals surface area contributed by atoms with Crippen molar-refractivity contribution >= 4 is 39.1 Å². The zero-order valence-electron chi connectivity index (χ0n) is 16.7. The zero-order chi connectivity index (χ0) is 22.7. The van der Waals surface area contributed by atoms with Gasteiger partial charge in [0.25, 0.3) is 11.8 Å². The number of hydrogen-bond donors (Lipinski definition) is 1. The summed E-state index contributed by atoms with van der Waals surface area (Å²) in [7, 11) is 0. The quantitative estimate of drug-likeness (QED) is 0.322. The normalized spacial score (nSPS) is 11.8. The molecule has 162 valence electrons. The highest BCUT2D eigenvalue weighted by Gasteiger charge is 2.20. The van der Waals surface area contributed by atoms with Crippen LogP contribution in [0, 0.1) is 5.82 Å². The molecule has 0 saturated carbocycles. The van der Waals surface area contributed by atoms with Crippen molar-refractivity contribution in [3.63, 3.8) is 0 Å². The van der Waals surface area contributed by atoms with Crippen molar-refractivity contribution in [2.24, 2.45) is 0 Å². The number of nitrogens with one attached hydrogen (secondary N) is 1. The lowest BCUT2D eigenvalue weighted by atomic mass is 10.1. The van der Waals surface area contributed by atoms with Crippen LogP contribution in [0.4, 0.5) is 10.1 Å². The van der Waals surface area contributed by atoms with E-state index < -0.39 is 17.8 Å². The van der Waals surface area contributed by atoms with E-state index in [-0.39, 0.29) is 11.6 Å². The molecule has 9 heteroatoms. The summed E-state index contributed by atoms with van der Waals surface area (Å²) in [6.45, 7) is 1.53. The van der Waals surface area contributed by atoms with Crippen molar-refractivity contribution in [2.75, 3.05) is 5.32 Å². The molecule has 6 nitrogen and oxygen atoms in total. The number of rotatable bonds is 6. The van der Waals surface area contributed by atoms with E-state index in [9.17, 15) is 9.18 Å². The first-order chi connectivity index (χ1) is 15.4. The number of amides is 1. The fraction of sp³-hybridized carbons (Fsp3) is 0.0870. The average Bonchev–Trinajstić information content (AvgIpc) is 3.26. The van der Waals surface area contributed by atoms with Gasteiger partial charge in [0, 0.05) is 15.1 Å². The summed E-state index contributed by atoms with van der Waals surface area (Å²) >= 11 is 9.11. The number of hydrogen-bond acceptors (Lipinski definition) is 5. The number of nitrogens with zero attached hydrogens (tertiary/aromatic N) is 2. The molecule has 1 atom stereocenters. The van der Waals surface area contributed by atoms with Crippen LogP contribution in [0.5, 0.6) is 5.75 Å². The van der Waals surface area contributed by atoms with Gasteiger partial charge in [-0.2, -0.15) is 4.98 Å². The Hall–Kier alpha value is -3.23. The maximum atomic E-state index is 14.0. The summed E-state index contributed by atoms with van der Waals surface area (Å²) in [6, 6.07) is 18.4. The molecule has 1 amide bonds. The first-order valence-electron chi connectivity index (χ1n) is 9.52. The van der Waals surface area contributed by atoms with Crippen molar-refractivity contribution < 1.29 is 18.4 Å². The highest BCUT2D eigenvalue weighted by atomic mass is 79.9. The number of anilines is 1. The smallest absolute Gasteiger partial charge is 0.265 e. The third-order valence-corrected chi connectivity index (χ3v) is 5.26. The Labute approximate surface area is 196 Å². The molecule has 1 aromatic heterocycles. The molecule has 0 radical (unpaired) electrons. The molecule has 0 aliphatic heterocycles. The second-order valence-electron chi connectivity index (χ2n) is 6.80. The summed E-state index contributed by atoms with van der Waals surface area (Å²) in [5.74, 6) is -0.426. The second kappa shape index (κ2) is 9.50. The Bertz CT molecular complexity index is 1260. The Morgan fingerprint density at radius 2 is 1.91 bits per heavy atom. The third-order valence-electron chi connectivity index (χ3n) is 4.51. The van der Waals surface area contributed by atoms with Crippen LogP contribution in [0.2, 0.25) is 5.02 Å². The number of benzene rings is 3. The number of aromatic nitrogens is 2. The Morgan fingerprint density at radius 3 is 2.66 bits per heavy atom. The van der Waals surface area contributed by atoms with Gasteiger partial charge in [0.2, 0.25) is 5.82 Å². The van der Waals surface area contributed by atoms with Crippen molar-refractivity contribution in [1.82, 2.24) is 10.1 Å². The Balaban J connectivity index is 1.52. The van der Waals surface area contributed by atoms with E-state index in [1.807, 2.05) is 0 Å². The topological polar surface area (TPSA) is 77.2 Å². The molecule has 1 N–H and O–H groups in total. The van der Waals surface area contributed by atoms with Gasteiger partial charge in [-0.15, -0.1) is 0 Å². The van der Waals surface area contributed by atoms with Crippen LogP contribution < -0.4 is 10.1 Å². The van der Waals surface area contributed by atoms with E-state index >= 15 is 0 Å². The SMILES string of the molecule is CC(Oc1ccc(Br)cc1F)C(=O)Nc1ccccc1-c1nc(-c2ccc(Cl)cc2)no1. The van der Waals surface area contributed by atoms with E-state index in [4.69, 9.17) is 20.9 Å². The van der Waals surface area contributed by atoms with E-state index in [0.717, 1.165) is 5.56 Å². The predicted octanol–water partition coefficient (Wildman–Crippen LogP) is 6.36. The fourth-order valence-electron chi connectivity index (χ4n) is 2.88. The molecule has 0 spiro atoms. The summed E-state index contributed by atoms with van der Waals surface area (Å²) < 4.78 is 25.5. The predicted molar refractivity (Wildman–Crippen MR) is 123 cm³/mol. The summed E-state index contributed by atoms with van der Waals surface area (Å²) in [5, 5.41) is 7.39. The van der Waals surface area contributed by atoms with Gasteiger partial charge in [0.1, 0.15) is 0 Å². The van der Waals surface area contributed by atoms with E-state index in [1.165, 1.54) is 19.1 Å². The van der Waals surface area contributed by atoms with Gasteiger partial charge in [-0.05, 0) is 61.5 Å². The third kappa shape index (κ3) is 4.98. The van der Waals surface area contributed by atoms with Crippen molar-refractivity contribution in [3.05, 3.63) is 82.0 Å². The maximum absolute atomic E-state index is 14.0. The molecule has 0 aliphatic rings. The number of carbonyl (C=O) groups excluding carboxylic acids is 1. The number of para-hydroxylation sites is 1. The lowest BCUT2D eigenvalue weighted by Gasteiger charge is -2.16. The summed E-state index contributed by atoms with van der Waals surface area (Å²) in [5.41, 5.74) is 1.73. The zero-order valence-corrected chi connectivity index (χ0v) is 19.0. The first kappa shape index (κ1) is 22.0. The van der Waals surface area contributed by atoms with Gasteiger partial charge >= 0.3 is 0 Å². The Morgan fingerprint density at radius 1 is 1.16 bits per heavy atom. The molecule has 4 rings (SSSR count). The van der Waals surface area contributed by atoms with Crippen molar-refractivity contribution in [3.8, 4) is 28.6 Å². The van der Waals surface area contributed by atoms with Crippen molar-refractivity contribution in [2.45, 2.75) is 13.0 Å². The van der Waals surface area contributed by atoms with E-state index in [2.05, 4.69) is 31.4 Å². The molecule has 1 heterocycles. The average molecular weight is 517 g/mol. The van der Waals surface area contributed by atoms with Crippen LogP contribution in [0.1, 0.15) is 6.92 Å². The molecule has 0 saturated heterocycles. The standard InChI is InChI=1S/C23H16BrClFN3O3/c1-13(31-20-11-8-15(24)12-18(20)26)22(30)27-19-5-3-2-4-17(19)23-28-21(29-32-23)14-6-9-16(25)10-7-14/h2-13H,1H3,(H,27,30). The van der Waals surface area contributed by atoms with Gasteiger partial charge in [0.05, 0.1) is 11.3 Å². The van der Waals surface area contributed by atoms with Crippen LogP contribution in [0.25, 0.3) is 22.8 Å². The number of carbonyl (C=O) groups is 1. The van der Waals surface area contributed by atoms with Crippen LogP contribution in [0.15, 0.2) is 75.7 Å². The Kier molecular flexibility index (Phi) is 6.53. The minimum Gasteiger partial charge on any atom is -0.478 e. The first-order valence-corrected chi connectivity index (χ1v) is 10.7. The molecule has 0 aliphatic carbocycles. The van der Waals surface area contributed by atoms with Gasteiger partial charge in [0.15, 0.2) is 17.7 Å². The minimum absolute atomic E-state index is 0.0198. The lowest BCUT2D eigenvalue weighted by Crippen LogP contribution is -2.30. The molecule has 0 fully saturated rings.